The second-order valence-corrected chi connectivity index (χ2v) is 5.90. The van der Waals surface area contributed by atoms with E-state index in [1.807, 2.05) is 6.07 Å². The number of amides is 1. The zero-order valence-corrected chi connectivity index (χ0v) is 11.5. The molecule has 4 heterocycles. The summed E-state index contributed by atoms with van der Waals surface area (Å²) in [6.07, 6.45) is 7.12. The van der Waals surface area contributed by atoms with Gasteiger partial charge in [-0.2, -0.15) is 0 Å². The number of fused-ring (bicyclic) bond motifs is 2. The summed E-state index contributed by atoms with van der Waals surface area (Å²) < 4.78 is 5.95. The Morgan fingerprint density at radius 1 is 1.35 bits per heavy atom. The Balaban J connectivity index is 1.81. The molecule has 20 heavy (non-hydrogen) atoms. The standard InChI is InChI=1S/C15H19N3O2/c19-13-8-12-14-11(17-13)5-6-16-15(14)20-9-10-4-2-1-3-7-18(10)12/h5-6,10,12H,1-4,7-9H2,(H,17,19). The first-order valence-corrected chi connectivity index (χ1v) is 7.50. The van der Waals surface area contributed by atoms with Gasteiger partial charge in [-0.05, 0) is 25.5 Å². The molecule has 106 valence electrons. The van der Waals surface area contributed by atoms with Gasteiger partial charge in [-0.25, -0.2) is 4.98 Å². The minimum atomic E-state index is 0.101. The van der Waals surface area contributed by atoms with Gasteiger partial charge in [0.1, 0.15) is 6.61 Å². The Bertz CT molecular complexity index is 546. The predicted molar refractivity (Wildman–Crippen MR) is 74.7 cm³/mol. The van der Waals surface area contributed by atoms with Gasteiger partial charge in [0.15, 0.2) is 0 Å². The zero-order valence-electron chi connectivity index (χ0n) is 11.5. The van der Waals surface area contributed by atoms with Crippen LogP contribution in [0.15, 0.2) is 12.3 Å². The normalized spacial score (nSPS) is 29.3. The van der Waals surface area contributed by atoms with Crippen molar-refractivity contribution < 1.29 is 9.53 Å². The van der Waals surface area contributed by atoms with Gasteiger partial charge < -0.3 is 10.1 Å². The van der Waals surface area contributed by atoms with Crippen molar-refractivity contribution >= 4 is 11.6 Å². The van der Waals surface area contributed by atoms with E-state index in [0.29, 0.717) is 24.9 Å². The number of nitrogens with one attached hydrogen (secondary N) is 1. The number of rotatable bonds is 0. The van der Waals surface area contributed by atoms with Crippen LogP contribution >= 0.6 is 0 Å². The third-order valence-corrected chi connectivity index (χ3v) is 4.68. The lowest BCUT2D eigenvalue weighted by Gasteiger charge is -2.36. The number of ether oxygens (including phenoxy) is 1. The lowest BCUT2D eigenvalue weighted by molar-refractivity contribution is -0.118. The lowest BCUT2D eigenvalue weighted by Crippen LogP contribution is -2.42. The molecule has 2 unspecified atom stereocenters. The number of hydrogen-bond acceptors (Lipinski definition) is 4. The van der Waals surface area contributed by atoms with Gasteiger partial charge in [0, 0.05) is 18.7 Å². The Morgan fingerprint density at radius 3 is 3.25 bits per heavy atom. The van der Waals surface area contributed by atoms with Crippen LogP contribution in [-0.2, 0) is 4.79 Å². The van der Waals surface area contributed by atoms with E-state index in [4.69, 9.17) is 4.74 Å². The van der Waals surface area contributed by atoms with Gasteiger partial charge in [-0.15, -0.1) is 0 Å². The Labute approximate surface area is 118 Å². The van der Waals surface area contributed by atoms with Crippen molar-refractivity contribution in [1.82, 2.24) is 9.88 Å². The molecule has 0 radical (unpaired) electrons. The number of pyridine rings is 1. The summed E-state index contributed by atoms with van der Waals surface area (Å²) >= 11 is 0. The first-order chi connectivity index (χ1) is 9.83. The Kier molecular flexibility index (Phi) is 2.88. The van der Waals surface area contributed by atoms with Crippen molar-refractivity contribution in [2.24, 2.45) is 0 Å². The van der Waals surface area contributed by atoms with Crippen LogP contribution in [0.4, 0.5) is 5.69 Å². The van der Waals surface area contributed by atoms with E-state index in [1.54, 1.807) is 6.20 Å². The third kappa shape index (κ3) is 1.88. The van der Waals surface area contributed by atoms with Gasteiger partial charge in [0.05, 0.1) is 17.3 Å². The maximum Gasteiger partial charge on any atom is 0.226 e. The molecule has 1 fully saturated rings. The fraction of sp³-hybridized carbons (Fsp3) is 0.600. The van der Waals surface area contributed by atoms with Crippen molar-refractivity contribution in [3.8, 4) is 5.88 Å². The van der Waals surface area contributed by atoms with Crippen molar-refractivity contribution in [3.63, 3.8) is 0 Å². The van der Waals surface area contributed by atoms with Crippen LogP contribution in [0.5, 0.6) is 5.88 Å². The van der Waals surface area contributed by atoms with Gasteiger partial charge in [-0.1, -0.05) is 12.8 Å². The second-order valence-electron chi connectivity index (χ2n) is 5.90. The van der Waals surface area contributed by atoms with Crippen molar-refractivity contribution in [1.29, 1.82) is 0 Å². The Hall–Kier alpha value is -1.62. The van der Waals surface area contributed by atoms with Crippen molar-refractivity contribution in [3.05, 3.63) is 17.8 Å². The topological polar surface area (TPSA) is 54.5 Å². The number of carbonyl (C=O) groups excluding carboxylic acids is 1. The lowest BCUT2D eigenvalue weighted by atomic mass is 9.96. The molecule has 0 aromatic carbocycles. The van der Waals surface area contributed by atoms with Crippen LogP contribution < -0.4 is 10.1 Å². The number of carbonyl (C=O) groups is 1. The molecule has 1 aromatic heterocycles. The number of anilines is 1. The Morgan fingerprint density at radius 2 is 2.30 bits per heavy atom. The minimum absolute atomic E-state index is 0.101. The molecule has 1 aromatic rings. The highest BCUT2D eigenvalue weighted by Crippen LogP contribution is 2.43. The fourth-order valence-electron chi connectivity index (χ4n) is 3.73. The van der Waals surface area contributed by atoms with Gasteiger partial charge >= 0.3 is 0 Å². The number of aromatic nitrogens is 1. The van der Waals surface area contributed by atoms with Crippen LogP contribution in [-0.4, -0.2) is 35.0 Å². The molecule has 4 rings (SSSR count). The van der Waals surface area contributed by atoms with E-state index in [-0.39, 0.29) is 11.9 Å². The van der Waals surface area contributed by atoms with E-state index in [9.17, 15) is 4.79 Å². The fourth-order valence-corrected chi connectivity index (χ4v) is 3.73. The van der Waals surface area contributed by atoms with E-state index < -0.39 is 0 Å². The summed E-state index contributed by atoms with van der Waals surface area (Å²) in [6, 6.07) is 2.42. The van der Waals surface area contributed by atoms with E-state index >= 15 is 0 Å². The summed E-state index contributed by atoms with van der Waals surface area (Å²) in [7, 11) is 0. The summed E-state index contributed by atoms with van der Waals surface area (Å²) in [5.41, 5.74) is 1.96. The molecule has 1 amide bonds. The van der Waals surface area contributed by atoms with Gasteiger partial charge in [0.2, 0.25) is 11.8 Å². The summed E-state index contributed by atoms with van der Waals surface area (Å²) in [6.45, 7) is 1.74. The molecule has 0 spiro atoms. The van der Waals surface area contributed by atoms with E-state index in [1.165, 1.54) is 19.3 Å². The highest BCUT2D eigenvalue weighted by Gasteiger charge is 2.39. The molecule has 3 aliphatic heterocycles. The molecule has 0 bridgehead atoms. The SMILES string of the molecule is O=C1CC2c3c(ccnc3OCC3CCCCCN32)N1. The maximum absolute atomic E-state index is 12.0. The van der Waals surface area contributed by atoms with Crippen molar-refractivity contribution in [2.45, 2.75) is 44.2 Å². The van der Waals surface area contributed by atoms with Crippen LogP contribution in [0.25, 0.3) is 0 Å². The van der Waals surface area contributed by atoms with Gasteiger partial charge in [-0.3, -0.25) is 9.69 Å². The molecule has 3 aliphatic rings. The molecule has 1 saturated heterocycles. The number of hydrogen-bond donors (Lipinski definition) is 1. The summed E-state index contributed by atoms with van der Waals surface area (Å²) in [4.78, 5) is 18.9. The first kappa shape index (κ1) is 12.1. The smallest absolute Gasteiger partial charge is 0.226 e. The monoisotopic (exact) mass is 273 g/mol. The first-order valence-electron chi connectivity index (χ1n) is 7.50. The molecular formula is C15H19N3O2. The number of nitrogens with zero attached hydrogens (tertiary/aromatic N) is 2. The predicted octanol–water partition coefficient (Wildman–Crippen LogP) is 2.10. The third-order valence-electron chi connectivity index (χ3n) is 4.68. The minimum Gasteiger partial charge on any atom is -0.476 e. The summed E-state index contributed by atoms with van der Waals surface area (Å²) in [5, 5.41) is 2.95. The van der Waals surface area contributed by atoms with Crippen LogP contribution in [0.1, 0.15) is 43.7 Å². The average Bonchev–Trinajstić information content (AvgIpc) is 2.75. The zero-order chi connectivity index (χ0) is 13.5. The molecule has 5 heteroatoms. The highest BCUT2D eigenvalue weighted by molar-refractivity contribution is 5.95. The van der Waals surface area contributed by atoms with Gasteiger partial charge in [0.25, 0.3) is 0 Å². The average molecular weight is 273 g/mol. The molecule has 5 nitrogen and oxygen atoms in total. The quantitative estimate of drug-likeness (QED) is 0.786. The molecule has 0 aliphatic carbocycles. The van der Waals surface area contributed by atoms with Crippen LogP contribution in [0, 0.1) is 0 Å². The molecular weight excluding hydrogens is 254 g/mol. The molecule has 2 atom stereocenters. The van der Waals surface area contributed by atoms with Crippen LogP contribution in [0.3, 0.4) is 0 Å². The summed E-state index contributed by atoms with van der Waals surface area (Å²) in [5.74, 6) is 0.810. The highest BCUT2D eigenvalue weighted by atomic mass is 16.5. The second kappa shape index (κ2) is 4.74. The van der Waals surface area contributed by atoms with Crippen molar-refractivity contribution in [2.75, 3.05) is 18.5 Å². The molecule has 1 N–H and O–H groups in total. The van der Waals surface area contributed by atoms with Crippen LogP contribution in [0.2, 0.25) is 0 Å². The van der Waals surface area contributed by atoms with E-state index in [2.05, 4.69) is 15.2 Å². The van der Waals surface area contributed by atoms with E-state index in [0.717, 1.165) is 24.2 Å². The largest absolute Gasteiger partial charge is 0.476 e. The maximum atomic E-state index is 12.0. The molecule has 0 saturated carbocycles.